The van der Waals surface area contributed by atoms with Gasteiger partial charge < -0.3 is 9.80 Å². The van der Waals surface area contributed by atoms with Crippen molar-refractivity contribution >= 4 is 34.7 Å². The van der Waals surface area contributed by atoms with E-state index < -0.39 is 0 Å². The van der Waals surface area contributed by atoms with Crippen LogP contribution in [0.5, 0.6) is 0 Å². The molecule has 0 spiro atoms. The zero-order chi connectivity index (χ0) is 19.1. The van der Waals surface area contributed by atoms with Gasteiger partial charge in [-0.15, -0.1) is 0 Å². The third-order valence-electron chi connectivity index (χ3n) is 4.64. The first-order valence-electron chi connectivity index (χ1n) is 8.61. The zero-order valence-corrected chi connectivity index (χ0v) is 15.8. The molecule has 0 N–H and O–H groups in total. The summed E-state index contributed by atoms with van der Waals surface area (Å²) in [7, 11) is 0. The zero-order valence-electron chi connectivity index (χ0n) is 15.0. The van der Waals surface area contributed by atoms with Crippen LogP contribution >= 0.6 is 11.6 Å². The van der Waals surface area contributed by atoms with Crippen LogP contribution < -0.4 is 4.90 Å². The number of amides is 2. The average molecular weight is 384 g/mol. The van der Waals surface area contributed by atoms with Crippen molar-refractivity contribution in [2.75, 3.05) is 24.5 Å². The third-order valence-corrected chi connectivity index (χ3v) is 4.87. The maximum absolute atomic E-state index is 13.0. The summed E-state index contributed by atoms with van der Waals surface area (Å²) in [5.41, 5.74) is 3.38. The van der Waals surface area contributed by atoms with Crippen molar-refractivity contribution in [3.05, 3.63) is 58.5 Å². The average Bonchev–Trinajstić information content (AvgIpc) is 3.05. The molecule has 4 rings (SSSR count). The van der Waals surface area contributed by atoms with Crippen molar-refractivity contribution < 1.29 is 9.59 Å². The molecule has 8 heteroatoms. The second kappa shape index (κ2) is 6.66. The smallest absolute Gasteiger partial charge is 0.259 e. The Labute approximate surface area is 161 Å². The second-order valence-electron chi connectivity index (χ2n) is 6.58. The number of carbonyl (C=O) groups is 2. The molecule has 7 nitrogen and oxygen atoms in total. The van der Waals surface area contributed by atoms with Crippen molar-refractivity contribution in [2.24, 2.45) is 0 Å². The quantitative estimate of drug-likeness (QED) is 0.681. The molecule has 0 saturated carbocycles. The summed E-state index contributed by atoms with van der Waals surface area (Å²) in [5, 5.41) is 4.83. The first-order chi connectivity index (χ1) is 12.9. The number of benzene rings is 1. The minimum absolute atomic E-state index is 0.00743. The molecule has 0 atom stereocenters. The van der Waals surface area contributed by atoms with Crippen LogP contribution in [0.1, 0.15) is 21.7 Å². The fraction of sp³-hybridized carbons (Fsp3) is 0.263. The second-order valence-corrected chi connectivity index (χ2v) is 7.02. The summed E-state index contributed by atoms with van der Waals surface area (Å²) in [4.78, 5) is 33.2. The van der Waals surface area contributed by atoms with E-state index in [9.17, 15) is 9.59 Å². The molecule has 1 saturated heterocycles. The van der Waals surface area contributed by atoms with Crippen LogP contribution in [0.2, 0.25) is 5.02 Å². The number of aryl methyl sites for hydroxylation is 2. The summed E-state index contributed by atoms with van der Waals surface area (Å²) in [5.74, 6) is -0.379. The van der Waals surface area contributed by atoms with Crippen LogP contribution in [-0.4, -0.2) is 50.9 Å². The normalized spacial score (nSPS) is 14.9. The van der Waals surface area contributed by atoms with Crippen LogP contribution in [0.4, 0.5) is 5.69 Å². The highest BCUT2D eigenvalue weighted by Crippen LogP contribution is 2.22. The number of anilines is 1. The van der Waals surface area contributed by atoms with E-state index in [4.69, 9.17) is 11.6 Å². The van der Waals surface area contributed by atoms with Gasteiger partial charge in [0.05, 0.1) is 6.20 Å². The molecule has 1 aliphatic rings. The van der Waals surface area contributed by atoms with E-state index in [-0.39, 0.29) is 18.4 Å². The molecule has 0 unspecified atom stereocenters. The Morgan fingerprint density at radius 2 is 2.00 bits per heavy atom. The summed E-state index contributed by atoms with van der Waals surface area (Å²) >= 11 is 6.02. The number of piperazine rings is 1. The molecule has 1 aliphatic heterocycles. The topological polar surface area (TPSA) is 70.8 Å². The standard InChI is InChI=1S/C19H18ClN5O2/c1-12-8-13(2)25-18(22-12)16(10-21-25)19(27)23-6-7-24(17(26)11-23)15-5-3-4-14(20)9-15/h3-5,8-10H,6-7,11H2,1-2H3. The number of carbonyl (C=O) groups excluding carboxylic acids is 2. The lowest BCUT2D eigenvalue weighted by molar-refractivity contribution is -0.120. The Morgan fingerprint density at radius 3 is 2.74 bits per heavy atom. The Hall–Kier alpha value is -2.93. The monoisotopic (exact) mass is 383 g/mol. The maximum atomic E-state index is 13.0. The molecule has 27 heavy (non-hydrogen) atoms. The number of fused-ring (bicyclic) bond motifs is 1. The predicted molar refractivity (Wildman–Crippen MR) is 102 cm³/mol. The van der Waals surface area contributed by atoms with Crippen LogP contribution in [0.15, 0.2) is 36.5 Å². The first kappa shape index (κ1) is 17.5. The number of nitrogens with zero attached hydrogens (tertiary/aromatic N) is 5. The number of hydrogen-bond donors (Lipinski definition) is 0. The SMILES string of the molecule is Cc1cc(C)n2ncc(C(=O)N3CCN(c4cccc(Cl)c4)C(=O)C3)c2n1. The highest BCUT2D eigenvalue weighted by Gasteiger charge is 2.30. The molecule has 3 aromatic rings. The highest BCUT2D eigenvalue weighted by molar-refractivity contribution is 6.30. The van der Waals surface area contributed by atoms with Gasteiger partial charge in [0.2, 0.25) is 5.91 Å². The molecule has 0 bridgehead atoms. The van der Waals surface area contributed by atoms with Crippen LogP contribution in [-0.2, 0) is 4.79 Å². The van der Waals surface area contributed by atoms with E-state index in [2.05, 4.69) is 10.1 Å². The first-order valence-corrected chi connectivity index (χ1v) is 8.99. The fourth-order valence-electron chi connectivity index (χ4n) is 3.36. The molecular formula is C19H18ClN5O2. The van der Waals surface area contributed by atoms with Gasteiger partial charge in [0.25, 0.3) is 5.91 Å². The number of aromatic nitrogens is 3. The summed E-state index contributed by atoms with van der Waals surface area (Å²) in [6.45, 7) is 4.64. The molecule has 1 fully saturated rings. The lowest BCUT2D eigenvalue weighted by atomic mass is 10.2. The van der Waals surface area contributed by atoms with E-state index in [1.807, 2.05) is 26.0 Å². The lowest BCUT2D eigenvalue weighted by Crippen LogP contribution is -2.52. The van der Waals surface area contributed by atoms with Crippen molar-refractivity contribution in [1.29, 1.82) is 0 Å². The van der Waals surface area contributed by atoms with Crippen molar-refractivity contribution in [2.45, 2.75) is 13.8 Å². The minimum atomic E-state index is -0.235. The largest absolute Gasteiger partial charge is 0.327 e. The van der Waals surface area contributed by atoms with E-state index in [0.29, 0.717) is 29.3 Å². The Kier molecular flexibility index (Phi) is 4.31. The van der Waals surface area contributed by atoms with E-state index in [1.165, 1.54) is 6.20 Å². The molecule has 138 valence electrons. The molecule has 1 aromatic carbocycles. The Balaban J connectivity index is 1.58. The molecule has 2 amide bonds. The summed E-state index contributed by atoms with van der Waals surface area (Å²) < 4.78 is 1.64. The highest BCUT2D eigenvalue weighted by atomic mass is 35.5. The van der Waals surface area contributed by atoms with E-state index in [1.54, 1.807) is 32.5 Å². The minimum Gasteiger partial charge on any atom is -0.327 e. The van der Waals surface area contributed by atoms with Crippen molar-refractivity contribution in [3.8, 4) is 0 Å². The summed E-state index contributed by atoms with van der Waals surface area (Å²) in [6, 6.07) is 9.05. The van der Waals surface area contributed by atoms with Gasteiger partial charge >= 0.3 is 0 Å². The van der Waals surface area contributed by atoms with Gasteiger partial charge in [0.15, 0.2) is 5.65 Å². The van der Waals surface area contributed by atoms with Crippen LogP contribution in [0.25, 0.3) is 5.65 Å². The molecule has 0 radical (unpaired) electrons. The molecule has 3 heterocycles. The van der Waals surface area contributed by atoms with Gasteiger partial charge in [0.1, 0.15) is 12.1 Å². The predicted octanol–water partition coefficient (Wildman–Crippen LogP) is 2.49. The third kappa shape index (κ3) is 3.14. The van der Waals surface area contributed by atoms with Crippen molar-refractivity contribution in [3.63, 3.8) is 0 Å². The Morgan fingerprint density at radius 1 is 1.19 bits per heavy atom. The van der Waals surface area contributed by atoms with Crippen LogP contribution in [0, 0.1) is 13.8 Å². The van der Waals surface area contributed by atoms with Gasteiger partial charge in [-0.25, -0.2) is 9.50 Å². The van der Waals surface area contributed by atoms with Gasteiger partial charge in [-0.3, -0.25) is 9.59 Å². The van der Waals surface area contributed by atoms with Gasteiger partial charge in [-0.2, -0.15) is 5.10 Å². The fourth-order valence-corrected chi connectivity index (χ4v) is 3.54. The lowest BCUT2D eigenvalue weighted by Gasteiger charge is -2.34. The Bertz CT molecular complexity index is 1060. The van der Waals surface area contributed by atoms with Crippen LogP contribution in [0.3, 0.4) is 0 Å². The molecular weight excluding hydrogens is 366 g/mol. The van der Waals surface area contributed by atoms with Gasteiger partial charge in [0, 0.05) is 35.2 Å². The summed E-state index contributed by atoms with van der Waals surface area (Å²) in [6.07, 6.45) is 1.52. The van der Waals surface area contributed by atoms with E-state index >= 15 is 0 Å². The van der Waals surface area contributed by atoms with Gasteiger partial charge in [-0.05, 0) is 38.1 Å². The van der Waals surface area contributed by atoms with E-state index in [0.717, 1.165) is 17.1 Å². The molecule has 0 aliphatic carbocycles. The maximum Gasteiger partial charge on any atom is 0.259 e. The number of hydrogen-bond acceptors (Lipinski definition) is 4. The van der Waals surface area contributed by atoms with Gasteiger partial charge in [-0.1, -0.05) is 17.7 Å². The molecule has 2 aromatic heterocycles. The van der Waals surface area contributed by atoms with Crippen molar-refractivity contribution in [1.82, 2.24) is 19.5 Å². The number of halogens is 1. The number of rotatable bonds is 2.